The van der Waals surface area contributed by atoms with Crippen LogP contribution in [0, 0.1) is 0 Å². The Hall–Kier alpha value is -3.02. The molecule has 2 rings (SSSR count). The van der Waals surface area contributed by atoms with Crippen molar-refractivity contribution in [3.05, 3.63) is 59.7 Å². The molecule has 2 N–H and O–H groups in total. The number of hydrogen-bond donors (Lipinski definition) is 2. The molecule has 2 aromatic rings. The van der Waals surface area contributed by atoms with Crippen LogP contribution in [0.2, 0.25) is 0 Å². The quantitative estimate of drug-likeness (QED) is 0.712. The fourth-order valence-corrected chi connectivity index (χ4v) is 2.40. The summed E-state index contributed by atoms with van der Waals surface area (Å²) in [6.07, 6.45) is 0.330. The number of hydrazine groups is 1. The van der Waals surface area contributed by atoms with Crippen LogP contribution >= 0.6 is 0 Å². The third-order valence-corrected chi connectivity index (χ3v) is 3.52. The van der Waals surface area contributed by atoms with E-state index in [1.807, 2.05) is 44.2 Å². The van der Waals surface area contributed by atoms with Gasteiger partial charge >= 0.3 is 0 Å². The molecule has 0 aromatic heterocycles. The van der Waals surface area contributed by atoms with E-state index in [-0.39, 0.29) is 24.7 Å². The van der Waals surface area contributed by atoms with Gasteiger partial charge in [0.15, 0.2) is 11.5 Å². The number of benzene rings is 2. The Labute approximate surface area is 153 Å². The van der Waals surface area contributed by atoms with Crippen molar-refractivity contribution >= 4 is 11.8 Å². The van der Waals surface area contributed by atoms with Gasteiger partial charge in [-0.2, -0.15) is 0 Å². The second-order valence-electron chi connectivity index (χ2n) is 5.58. The molecule has 0 heterocycles. The van der Waals surface area contributed by atoms with E-state index in [2.05, 4.69) is 10.9 Å². The molecule has 2 amide bonds. The van der Waals surface area contributed by atoms with Crippen LogP contribution in [0.3, 0.4) is 0 Å². The lowest BCUT2D eigenvalue weighted by Crippen LogP contribution is -2.43. The first kappa shape index (κ1) is 19.3. The highest BCUT2D eigenvalue weighted by molar-refractivity contribution is 5.84. The number of ether oxygens (including phenoxy) is 2. The fraction of sp³-hybridized carbons (Fsp3) is 0.300. The minimum absolute atomic E-state index is 0.123. The molecule has 0 saturated heterocycles. The van der Waals surface area contributed by atoms with Crippen molar-refractivity contribution in [1.82, 2.24) is 10.9 Å². The smallest absolute Gasteiger partial charge is 0.242 e. The van der Waals surface area contributed by atoms with E-state index in [4.69, 9.17) is 9.47 Å². The van der Waals surface area contributed by atoms with E-state index in [1.165, 1.54) is 0 Å². The average molecular weight is 356 g/mol. The summed E-state index contributed by atoms with van der Waals surface area (Å²) in [5.74, 6) is 0.673. The maximum atomic E-state index is 12.1. The Morgan fingerprint density at radius 2 is 1.35 bits per heavy atom. The van der Waals surface area contributed by atoms with Gasteiger partial charge in [-0.3, -0.25) is 20.4 Å². The fourth-order valence-electron chi connectivity index (χ4n) is 2.40. The SMILES string of the molecule is CCOc1ccc(CC(=O)NNC(=O)Cc2ccccc2)cc1OCC. The summed E-state index contributed by atoms with van der Waals surface area (Å²) in [6, 6.07) is 14.7. The summed E-state index contributed by atoms with van der Waals surface area (Å²) in [5.41, 5.74) is 6.51. The highest BCUT2D eigenvalue weighted by Gasteiger charge is 2.10. The first-order chi connectivity index (χ1) is 12.6. The maximum absolute atomic E-state index is 12.1. The van der Waals surface area contributed by atoms with Crippen molar-refractivity contribution in [1.29, 1.82) is 0 Å². The van der Waals surface area contributed by atoms with E-state index < -0.39 is 0 Å². The average Bonchev–Trinajstić information content (AvgIpc) is 2.63. The zero-order chi connectivity index (χ0) is 18.8. The highest BCUT2D eigenvalue weighted by Crippen LogP contribution is 2.28. The molecule has 0 spiro atoms. The van der Waals surface area contributed by atoms with E-state index in [1.54, 1.807) is 18.2 Å². The summed E-state index contributed by atoms with van der Waals surface area (Å²) >= 11 is 0. The molecule has 0 aliphatic heterocycles. The lowest BCUT2D eigenvalue weighted by Gasteiger charge is -2.12. The van der Waals surface area contributed by atoms with Crippen molar-refractivity contribution in [2.24, 2.45) is 0 Å². The molecule has 0 aliphatic carbocycles. The van der Waals surface area contributed by atoms with Crippen molar-refractivity contribution in [2.75, 3.05) is 13.2 Å². The van der Waals surface area contributed by atoms with E-state index in [0.29, 0.717) is 24.7 Å². The minimum atomic E-state index is -0.307. The van der Waals surface area contributed by atoms with E-state index in [9.17, 15) is 9.59 Å². The first-order valence-electron chi connectivity index (χ1n) is 8.62. The molecule has 138 valence electrons. The molecule has 0 fully saturated rings. The largest absolute Gasteiger partial charge is 0.490 e. The predicted molar refractivity (Wildman–Crippen MR) is 98.9 cm³/mol. The van der Waals surface area contributed by atoms with Gasteiger partial charge in [0.25, 0.3) is 0 Å². The van der Waals surface area contributed by atoms with Crippen LogP contribution in [0.5, 0.6) is 11.5 Å². The van der Waals surface area contributed by atoms with Gasteiger partial charge in [0, 0.05) is 0 Å². The molecule has 6 heteroatoms. The molecule has 26 heavy (non-hydrogen) atoms. The van der Waals surface area contributed by atoms with Gasteiger partial charge in [-0.05, 0) is 37.1 Å². The summed E-state index contributed by atoms with van der Waals surface area (Å²) in [7, 11) is 0. The molecule has 2 aromatic carbocycles. The van der Waals surface area contributed by atoms with Crippen LogP contribution in [0.1, 0.15) is 25.0 Å². The van der Waals surface area contributed by atoms with Crippen LogP contribution in [-0.2, 0) is 22.4 Å². The molecule has 0 bridgehead atoms. The highest BCUT2D eigenvalue weighted by atomic mass is 16.5. The van der Waals surface area contributed by atoms with Gasteiger partial charge in [0.05, 0.1) is 26.1 Å². The van der Waals surface area contributed by atoms with Gasteiger partial charge in [-0.15, -0.1) is 0 Å². The van der Waals surface area contributed by atoms with Crippen LogP contribution < -0.4 is 20.3 Å². The third-order valence-electron chi connectivity index (χ3n) is 3.52. The number of nitrogens with one attached hydrogen (secondary N) is 2. The van der Waals surface area contributed by atoms with Gasteiger partial charge in [-0.1, -0.05) is 36.4 Å². The Kier molecular flexibility index (Phi) is 7.49. The van der Waals surface area contributed by atoms with Crippen LogP contribution in [0.25, 0.3) is 0 Å². The molecule has 0 radical (unpaired) electrons. The number of amides is 2. The van der Waals surface area contributed by atoms with Crippen molar-refractivity contribution in [3.63, 3.8) is 0 Å². The lowest BCUT2D eigenvalue weighted by atomic mass is 10.1. The number of carbonyl (C=O) groups excluding carboxylic acids is 2. The topological polar surface area (TPSA) is 76.7 Å². The lowest BCUT2D eigenvalue weighted by molar-refractivity contribution is -0.128. The molecule has 0 saturated carbocycles. The molecule has 6 nitrogen and oxygen atoms in total. The van der Waals surface area contributed by atoms with Crippen LogP contribution in [0.15, 0.2) is 48.5 Å². The molecular formula is C20H24N2O4. The second-order valence-corrected chi connectivity index (χ2v) is 5.58. The van der Waals surface area contributed by atoms with E-state index in [0.717, 1.165) is 11.1 Å². The van der Waals surface area contributed by atoms with Gasteiger partial charge < -0.3 is 9.47 Å². The standard InChI is InChI=1S/C20H24N2O4/c1-3-25-17-11-10-16(12-18(17)26-4-2)14-20(24)22-21-19(23)13-15-8-6-5-7-9-15/h5-12H,3-4,13-14H2,1-2H3,(H,21,23)(H,22,24). The Morgan fingerprint density at radius 3 is 1.96 bits per heavy atom. The summed E-state index contributed by atoms with van der Waals surface area (Å²) in [6.45, 7) is 4.82. The van der Waals surface area contributed by atoms with Crippen molar-refractivity contribution < 1.29 is 19.1 Å². The Bertz CT molecular complexity index is 732. The second kappa shape index (κ2) is 10.1. The first-order valence-corrected chi connectivity index (χ1v) is 8.62. The Balaban J connectivity index is 1.86. The maximum Gasteiger partial charge on any atom is 0.242 e. The zero-order valence-corrected chi connectivity index (χ0v) is 15.1. The summed E-state index contributed by atoms with van der Waals surface area (Å²) in [4.78, 5) is 23.9. The number of rotatable bonds is 8. The van der Waals surface area contributed by atoms with Crippen LogP contribution in [0.4, 0.5) is 0 Å². The summed E-state index contributed by atoms with van der Waals surface area (Å²) < 4.78 is 11.1. The Morgan fingerprint density at radius 1 is 0.769 bits per heavy atom. The molecular weight excluding hydrogens is 332 g/mol. The minimum Gasteiger partial charge on any atom is -0.490 e. The van der Waals surface area contributed by atoms with Crippen molar-refractivity contribution in [2.45, 2.75) is 26.7 Å². The normalized spacial score (nSPS) is 10.1. The van der Waals surface area contributed by atoms with Gasteiger partial charge in [0.1, 0.15) is 0 Å². The van der Waals surface area contributed by atoms with Gasteiger partial charge in [0.2, 0.25) is 11.8 Å². The van der Waals surface area contributed by atoms with Crippen LogP contribution in [-0.4, -0.2) is 25.0 Å². The summed E-state index contributed by atoms with van der Waals surface area (Å²) in [5, 5.41) is 0. The molecule has 0 unspecified atom stereocenters. The molecule has 0 aliphatic rings. The monoisotopic (exact) mass is 356 g/mol. The van der Waals surface area contributed by atoms with Gasteiger partial charge in [-0.25, -0.2) is 0 Å². The third kappa shape index (κ3) is 6.12. The predicted octanol–water partition coefficient (Wildman–Crippen LogP) is 2.42. The van der Waals surface area contributed by atoms with E-state index >= 15 is 0 Å². The van der Waals surface area contributed by atoms with Crippen molar-refractivity contribution in [3.8, 4) is 11.5 Å². The molecule has 0 atom stereocenters. The number of hydrogen-bond acceptors (Lipinski definition) is 4. The zero-order valence-electron chi connectivity index (χ0n) is 15.1. The number of carbonyl (C=O) groups is 2.